The zero-order chi connectivity index (χ0) is 18.3. The zero-order valence-corrected chi connectivity index (χ0v) is 14.6. The van der Waals surface area contributed by atoms with Crippen molar-refractivity contribution in [3.63, 3.8) is 0 Å². The third-order valence-electron chi connectivity index (χ3n) is 4.96. The molecule has 2 aliphatic rings. The Hall–Kier alpha value is -2.68. The minimum atomic E-state index is -0.509. The first-order chi connectivity index (χ1) is 12.6. The van der Waals surface area contributed by atoms with Crippen LogP contribution in [0.1, 0.15) is 48.7 Å². The van der Waals surface area contributed by atoms with Crippen molar-refractivity contribution < 1.29 is 14.6 Å². The topological polar surface area (TPSA) is 119 Å². The molecule has 2 unspecified atom stereocenters. The van der Waals surface area contributed by atoms with Gasteiger partial charge in [-0.1, -0.05) is 12.8 Å². The largest absolute Gasteiger partial charge is 0.491 e. The lowest BCUT2D eigenvalue weighted by atomic mass is 9.91. The van der Waals surface area contributed by atoms with E-state index in [9.17, 15) is 9.90 Å². The number of carbonyl (C=O) groups is 1. The SMILES string of the molecule is CCOc1cnn(-c2nc(N)nc3c2C(=O)N(C2CCCCC2O)C3)c1. The van der Waals surface area contributed by atoms with Crippen molar-refractivity contribution in [1.29, 1.82) is 0 Å². The van der Waals surface area contributed by atoms with Crippen LogP contribution in [0.2, 0.25) is 0 Å². The molecule has 3 heterocycles. The summed E-state index contributed by atoms with van der Waals surface area (Å²) in [7, 11) is 0. The first-order valence-electron chi connectivity index (χ1n) is 8.91. The summed E-state index contributed by atoms with van der Waals surface area (Å²) in [5.74, 6) is 0.833. The Kier molecular flexibility index (Phi) is 4.23. The maximum absolute atomic E-state index is 13.1. The third kappa shape index (κ3) is 2.78. The number of aliphatic hydroxyl groups excluding tert-OH is 1. The molecule has 9 nitrogen and oxygen atoms in total. The van der Waals surface area contributed by atoms with Crippen LogP contribution in [-0.4, -0.2) is 54.4 Å². The molecule has 1 aliphatic heterocycles. The number of nitrogens with zero attached hydrogens (tertiary/aromatic N) is 5. The molecule has 1 aliphatic carbocycles. The lowest BCUT2D eigenvalue weighted by Gasteiger charge is -2.34. The highest BCUT2D eigenvalue weighted by atomic mass is 16.5. The van der Waals surface area contributed by atoms with Gasteiger partial charge in [-0.25, -0.2) is 9.67 Å². The van der Waals surface area contributed by atoms with Gasteiger partial charge in [-0.05, 0) is 19.8 Å². The number of aromatic nitrogens is 4. The number of carbonyl (C=O) groups excluding carboxylic acids is 1. The van der Waals surface area contributed by atoms with Crippen molar-refractivity contribution in [3.8, 4) is 11.6 Å². The average molecular weight is 358 g/mol. The van der Waals surface area contributed by atoms with E-state index < -0.39 is 6.10 Å². The van der Waals surface area contributed by atoms with Crippen molar-refractivity contribution in [1.82, 2.24) is 24.6 Å². The molecular weight excluding hydrogens is 336 g/mol. The van der Waals surface area contributed by atoms with E-state index in [1.54, 1.807) is 17.3 Å². The van der Waals surface area contributed by atoms with E-state index in [2.05, 4.69) is 15.1 Å². The number of nitrogens with two attached hydrogens (primary N) is 1. The molecule has 0 bridgehead atoms. The van der Waals surface area contributed by atoms with E-state index >= 15 is 0 Å². The molecule has 3 N–H and O–H groups in total. The molecule has 0 radical (unpaired) electrons. The van der Waals surface area contributed by atoms with Crippen LogP contribution in [0.3, 0.4) is 0 Å². The normalized spacial score (nSPS) is 22.5. The van der Waals surface area contributed by atoms with Gasteiger partial charge in [0.15, 0.2) is 11.6 Å². The summed E-state index contributed by atoms with van der Waals surface area (Å²) in [5.41, 5.74) is 6.82. The fourth-order valence-corrected chi connectivity index (χ4v) is 3.78. The summed E-state index contributed by atoms with van der Waals surface area (Å²) < 4.78 is 6.92. The van der Waals surface area contributed by atoms with E-state index in [-0.39, 0.29) is 17.9 Å². The molecule has 0 aromatic carbocycles. The van der Waals surface area contributed by atoms with Crippen LogP contribution in [0, 0.1) is 0 Å². The highest BCUT2D eigenvalue weighted by Gasteiger charge is 2.40. The van der Waals surface area contributed by atoms with Crippen LogP contribution in [0.25, 0.3) is 5.82 Å². The van der Waals surface area contributed by atoms with Gasteiger partial charge in [0.05, 0.1) is 43.4 Å². The van der Waals surface area contributed by atoms with Crippen LogP contribution in [0.15, 0.2) is 12.4 Å². The number of fused-ring (bicyclic) bond motifs is 1. The second kappa shape index (κ2) is 6.56. The van der Waals surface area contributed by atoms with Gasteiger partial charge in [-0.2, -0.15) is 10.1 Å². The van der Waals surface area contributed by atoms with Crippen molar-refractivity contribution in [2.75, 3.05) is 12.3 Å². The molecule has 2 atom stereocenters. The van der Waals surface area contributed by atoms with Crippen LogP contribution >= 0.6 is 0 Å². The molecule has 1 saturated carbocycles. The van der Waals surface area contributed by atoms with Gasteiger partial charge in [-0.3, -0.25) is 4.79 Å². The Balaban J connectivity index is 1.71. The summed E-state index contributed by atoms with van der Waals surface area (Å²) in [6, 6.07) is -0.198. The molecule has 0 saturated heterocycles. The monoisotopic (exact) mass is 358 g/mol. The third-order valence-corrected chi connectivity index (χ3v) is 4.96. The summed E-state index contributed by atoms with van der Waals surface area (Å²) in [5, 5.41) is 14.6. The van der Waals surface area contributed by atoms with Gasteiger partial charge in [0.1, 0.15) is 5.56 Å². The molecule has 138 valence electrons. The number of anilines is 1. The van der Waals surface area contributed by atoms with Gasteiger partial charge < -0.3 is 20.5 Å². The molecule has 2 aromatic rings. The Morgan fingerprint density at radius 2 is 2.15 bits per heavy atom. The second-order valence-corrected chi connectivity index (χ2v) is 6.63. The lowest BCUT2D eigenvalue weighted by molar-refractivity contribution is 0.0189. The smallest absolute Gasteiger partial charge is 0.260 e. The Labute approximate surface area is 150 Å². The zero-order valence-electron chi connectivity index (χ0n) is 14.6. The first-order valence-corrected chi connectivity index (χ1v) is 8.91. The van der Waals surface area contributed by atoms with Crippen molar-refractivity contribution in [3.05, 3.63) is 23.7 Å². The number of aliphatic hydroxyl groups is 1. The summed E-state index contributed by atoms with van der Waals surface area (Å²) in [6.45, 7) is 2.73. The van der Waals surface area contributed by atoms with E-state index in [1.807, 2.05) is 6.92 Å². The predicted molar refractivity (Wildman–Crippen MR) is 92.9 cm³/mol. The first kappa shape index (κ1) is 16.8. The lowest BCUT2D eigenvalue weighted by Crippen LogP contribution is -2.45. The molecule has 26 heavy (non-hydrogen) atoms. The fourth-order valence-electron chi connectivity index (χ4n) is 3.78. The molecule has 1 fully saturated rings. The maximum atomic E-state index is 13.1. The molecule has 4 rings (SSSR count). The number of hydrogen-bond acceptors (Lipinski definition) is 7. The van der Waals surface area contributed by atoms with E-state index in [1.165, 1.54) is 4.68 Å². The van der Waals surface area contributed by atoms with Crippen molar-refractivity contribution in [2.45, 2.75) is 51.3 Å². The number of rotatable bonds is 4. The fraction of sp³-hybridized carbons (Fsp3) is 0.529. The second-order valence-electron chi connectivity index (χ2n) is 6.63. The summed E-state index contributed by atoms with van der Waals surface area (Å²) >= 11 is 0. The highest BCUT2D eigenvalue weighted by molar-refractivity contribution is 6.01. The number of amides is 1. The minimum absolute atomic E-state index is 0.0889. The van der Waals surface area contributed by atoms with Crippen LogP contribution < -0.4 is 10.5 Å². The average Bonchev–Trinajstić information content (AvgIpc) is 3.20. The molecule has 2 aromatic heterocycles. The quantitative estimate of drug-likeness (QED) is 0.833. The van der Waals surface area contributed by atoms with Crippen LogP contribution in [0.5, 0.6) is 5.75 Å². The maximum Gasteiger partial charge on any atom is 0.260 e. The van der Waals surface area contributed by atoms with Gasteiger partial charge >= 0.3 is 0 Å². The Bertz CT molecular complexity index is 836. The predicted octanol–water partition coefficient (Wildman–Crippen LogP) is 0.902. The highest BCUT2D eigenvalue weighted by Crippen LogP contribution is 2.33. The van der Waals surface area contributed by atoms with Gasteiger partial charge in [0, 0.05) is 0 Å². The van der Waals surface area contributed by atoms with Crippen LogP contribution in [-0.2, 0) is 6.54 Å². The molecule has 1 amide bonds. The van der Waals surface area contributed by atoms with Crippen LogP contribution in [0.4, 0.5) is 5.95 Å². The summed E-state index contributed by atoms with van der Waals surface area (Å²) in [6.07, 6.45) is 6.20. The van der Waals surface area contributed by atoms with Gasteiger partial charge in [0.25, 0.3) is 5.91 Å². The minimum Gasteiger partial charge on any atom is -0.491 e. The van der Waals surface area contributed by atoms with Gasteiger partial charge in [0.2, 0.25) is 5.95 Å². The molecule has 0 spiro atoms. The van der Waals surface area contributed by atoms with E-state index in [4.69, 9.17) is 10.5 Å². The Morgan fingerprint density at radius 1 is 1.35 bits per heavy atom. The molecule has 9 heteroatoms. The Morgan fingerprint density at radius 3 is 2.92 bits per heavy atom. The standard InChI is InChI=1S/C17H22N6O3/c1-2-26-10-7-19-23(8-10)15-14-11(20-17(18)21-15)9-22(16(14)25)12-5-3-4-6-13(12)24/h7-8,12-13,24H,2-6,9H2,1H3,(H2,18,20,21). The molecular formula is C17H22N6O3. The van der Waals surface area contributed by atoms with Crippen molar-refractivity contribution in [2.24, 2.45) is 0 Å². The van der Waals surface area contributed by atoms with E-state index in [0.29, 0.717) is 42.4 Å². The number of ether oxygens (including phenoxy) is 1. The van der Waals surface area contributed by atoms with Gasteiger partial charge in [-0.15, -0.1) is 0 Å². The number of hydrogen-bond donors (Lipinski definition) is 2. The summed E-state index contributed by atoms with van der Waals surface area (Å²) in [4.78, 5) is 23.3. The van der Waals surface area contributed by atoms with E-state index in [0.717, 1.165) is 19.3 Å². The van der Waals surface area contributed by atoms with Crippen molar-refractivity contribution >= 4 is 11.9 Å². The number of nitrogen functional groups attached to an aromatic ring is 1.